The van der Waals surface area contributed by atoms with Crippen LogP contribution in [-0.4, -0.2) is 0 Å². The highest BCUT2D eigenvalue weighted by molar-refractivity contribution is 5.38. The number of rotatable bonds is 2. The Labute approximate surface area is 105 Å². The highest BCUT2D eigenvalue weighted by Crippen LogP contribution is 2.26. The van der Waals surface area contributed by atoms with Gasteiger partial charge in [0.05, 0.1) is 6.04 Å². The molecule has 0 amide bonds. The third kappa shape index (κ3) is 2.27. The van der Waals surface area contributed by atoms with Gasteiger partial charge in [-0.05, 0) is 42.7 Å². The zero-order chi connectivity index (χ0) is 13.3. The quantitative estimate of drug-likeness (QED) is 0.861. The van der Waals surface area contributed by atoms with Crippen molar-refractivity contribution in [2.75, 3.05) is 0 Å². The van der Waals surface area contributed by atoms with E-state index in [2.05, 4.69) is 0 Å². The van der Waals surface area contributed by atoms with Crippen LogP contribution in [0.25, 0.3) is 0 Å². The van der Waals surface area contributed by atoms with Crippen molar-refractivity contribution >= 4 is 0 Å². The Morgan fingerprint density at radius 3 is 2.22 bits per heavy atom. The summed E-state index contributed by atoms with van der Waals surface area (Å²) in [7, 11) is 0. The zero-order valence-corrected chi connectivity index (χ0v) is 10.4. The Hall–Kier alpha value is -1.74. The third-order valence-corrected chi connectivity index (χ3v) is 3.14. The van der Waals surface area contributed by atoms with E-state index < -0.39 is 17.7 Å². The van der Waals surface area contributed by atoms with Crippen LogP contribution >= 0.6 is 0 Å². The summed E-state index contributed by atoms with van der Waals surface area (Å²) in [6.07, 6.45) is 0. The first kappa shape index (κ1) is 12.7. The second-order valence-electron chi connectivity index (χ2n) is 4.46. The highest BCUT2D eigenvalue weighted by Gasteiger charge is 2.17. The van der Waals surface area contributed by atoms with Gasteiger partial charge in [-0.3, -0.25) is 0 Å². The molecule has 0 heterocycles. The van der Waals surface area contributed by atoms with Crippen LogP contribution in [0.3, 0.4) is 0 Å². The van der Waals surface area contributed by atoms with Crippen LogP contribution in [0.4, 0.5) is 8.78 Å². The van der Waals surface area contributed by atoms with Gasteiger partial charge in [-0.15, -0.1) is 0 Å². The fraction of sp³-hybridized carbons (Fsp3) is 0.200. The molecule has 1 unspecified atom stereocenters. The summed E-state index contributed by atoms with van der Waals surface area (Å²) in [5, 5.41) is 0. The van der Waals surface area contributed by atoms with Crippen molar-refractivity contribution in [2.24, 2.45) is 5.73 Å². The van der Waals surface area contributed by atoms with E-state index >= 15 is 0 Å². The number of halogens is 2. The van der Waals surface area contributed by atoms with Gasteiger partial charge < -0.3 is 5.73 Å². The summed E-state index contributed by atoms with van der Waals surface area (Å²) < 4.78 is 27.4. The second-order valence-corrected chi connectivity index (χ2v) is 4.46. The van der Waals surface area contributed by atoms with Crippen LogP contribution in [0.15, 0.2) is 36.4 Å². The molecule has 0 aliphatic heterocycles. The molecule has 0 saturated heterocycles. The van der Waals surface area contributed by atoms with Crippen molar-refractivity contribution in [1.82, 2.24) is 0 Å². The fourth-order valence-corrected chi connectivity index (χ4v) is 2.00. The molecule has 0 fully saturated rings. The van der Waals surface area contributed by atoms with Crippen molar-refractivity contribution < 1.29 is 8.78 Å². The largest absolute Gasteiger partial charge is 0.320 e. The molecule has 0 aliphatic carbocycles. The summed E-state index contributed by atoms with van der Waals surface area (Å²) in [5.41, 5.74) is 8.27. The Bertz CT molecular complexity index is 579. The molecule has 1 nitrogen and oxygen atoms in total. The average molecular weight is 247 g/mol. The zero-order valence-electron chi connectivity index (χ0n) is 10.4. The van der Waals surface area contributed by atoms with E-state index in [4.69, 9.17) is 5.73 Å². The molecule has 2 aromatic rings. The van der Waals surface area contributed by atoms with Gasteiger partial charge in [-0.1, -0.05) is 24.3 Å². The molecule has 2 N–H and O–H groups in total. The van der Waals surface area contributed by atoms with Crippen molar-refractivity contribution in [3.05, 3.63) is 70.3 Å². The van der Waals surface area contributed by atoms with Crippen molar-refractivity contribution in [2.45, 2.75) is 19.9 Å². The summed E-state index contributed by atoms with van der Waals surface area (Å²) in [6, 6.07) is 9.17. The number of benzene rings is 2. The summed E-state index contributed by atoms with van der Waals surface area (Å²) in [5.74, 6) is -0.903. The summed E-state index contributed by atoms with van der Waals surface area (Å²) in [4.78, 5) is 0. The molecule has 3 heteroatoms. The lowest BCUT2D eigenvalue weighted by Crippen LogP contribution is -2.15. The van der Waals surface area contributed by atoms with Crippen molar-refractivity contribution in [3.8, 4) is 0 Å². The normalized spacial score (nSPS) is 12.5. The van der Waals surface area contributed by atoms with Gasteiger partial charge in [0.2, 0.25) is 0 Å². The molecular formula is C15H15F2N. The monoisotopic (exact) mass is 247 g/mol. The molecule has 94 valence electrons. The number of aryl methyl sites for hydroxylation is 2. The van der Waals surface area contributed by atoms with E-state index in [1.165, 1.54) is 19.1 Å². The van der Waals surface area contributed by atoms with Crippen LogP contribution in [0.1, 0.15) is 28.3 Å². The van der Waals surface area contributed by atoms with Gasteiger partial charge in [0.25, 0.3) is 0 Å². The van der Waals surface area contributed by atoms with Gasteiger partial charge in [0, 0.05) is 5.56 Å². The van der Waals surface area contributed by atoms with E-state index in [0.717, 1.165) is 11.1 Å². The van der Waals surface area contributed by atoms with Gasteiger partial charge in [-0.2, -0.15) is 0 Å². The van der Waals surface area contributed by atoms with Gasteiger partial charge in [0.1, 0.15) is 11.6 Å². The molecule has 2 rings (SSSR count). The topological polar surface area (TPSA) is 26.0 Å². The van der Waals surface area contributed by atoms with E-state index in [1.807, 2.05) is 31.2 Å². The standard InChI is InChI=1S/C15H15F2N/c1-9-5-3-4-6-11(9)15(18)12-8-13(16)10(2)7-14(12)17/h3-8,15H,18H2,1-2H3. The van der Waals surface area contributed by atoms with Crippen LogP contribution in [0.5, 0.6) is 0 Å². The van der Waals surface area contributed by atoms with E-state index in [0.29, 0.717) is 0 Å². The SMILES string of the molecule is Cc1cc(F)c(C(N)c2ccccc2C)cc1F. The summed E-state index contributed by atoms with van der Waals surface area (Å²) >= 11 is 0. The van der Waals surface area contributed by atoms with E-state index in [9.17, 15) is 8.78 Å². The molecule has 2 aromatic carbocycles. The molecule has 18 heavy (non-hydrogen) atoms. The van der Waals surface area contributed by atoms with Gasteiger partial charge in [0.15, 0.2) is 0 Å². The van der Waals surface area contributed by atoms with Gasteiger partial charge >= 0.3 is 0 Å². The third-order valence-electron chi connectivity index (χ3n) is 3.14. The minimum absolute atomic E-state index is 0.187. The average Bonchev–Trinajstić information content (AvgIpc) is 2.33. The predicted molar refractivity (Wildman–Crippen MR) is 68.3 cm³/mol. The highest BCUT2D eigenvalue weighted by atomic mass is 19.1. The molecule has 0 aromatic heterocycles. The molecule has 0 saturated carbocycles. The lowest BCUT2D eigenvalue weighted by molar-refractivity contribution is 0.570. The fourth-order valence-electron chi connectivity index (χ4n) is 2.00. The van der Waals surface area contributed by atoms with Crippen molar-refractivity contribution in [1.29, 1.82) is 0 Å². The Morgan fingerprint density at radius 2 is 1.56 bits per heavy atom. The minimum atomic E-state index is -0.652. The molecule has 0 spiro atoms. The molecule has 1 atom stereocenters. The molecule has 0 radical (unpaired) electrons. The predicted octanol–water partition coefficient (Wildman–Crippen LogP) is 3.63. The smallest absolute Gasteiger partial charge is 0.128 e. The number of hydrogen-bond acceptors (Lipinski definition) is 1. The Balaban J connectivity index is 2.50. The maximum absolute atomic E-state index is 13.9. The van der Waals surface area contributed by atoms with Crippen LogP contribution < -0.4 is 5.73 Å². The Morgan fingerprint density at radius 1 is 0.889 bits per heavy atom. The van der Waals surface area contributed by atoms with E-state index in [-0.39, 0.29) is 11.1 Å². The lowest BCUT2D eigenvalue weighted by Gasteiger charge is -2.16. The Kier molecular flexibility index (Phi) is 3.43. The molecular weight excluding hydrogens is 232 g/mol. The first-order valence-electron chi connectivity index (χ1n) is 5.77. The molecule has 0 aliphatic rings. The first-order valence-corrected chi connectivity index (χ1v) is 5.77. The number of hydrogen-bond donors (Lipinski definition) is 1. The minimum Gasteiger partial charge on any atom is -0.320 e. The summed E-state index contributed by atoms with van der Waals surface area (Å²) in [6.45, 7) is 3.43. The molecule has 0 bridgehead atoms. The van der Waals surface area contributed by atoms with Crippen molar-refractivity contribution in [3.63, 3.8) is 0 Å². The number of nitrogens with two attached hydrogens (primary N) is 1. The van der Waals surface area contributed by atoms with E-state index in [1.54, 1.807) is 0 Å². The second kappa shape index (κ2) is 4.86. The van der Waals surface area contributed by atoms with Crippen LogP contribution in [-0.2, 0) is 0 Å². The maximum Gasteiger partial charge on any atom is 0.128 e. The van der Waals surface area contributed by atoms with Crippen LogP contribution in [0.2, 0.25) is 0 Å². The first-order chi connectivity index (χ1) is 8.50. The van der Waals surface area contributed by atoms with Gasteiger partial charge in [-0.25, -0.2) is 8.78 Å². The van der Waals surface area contributed by atoms with Crippen LogP contribution in [0, 0.1) is 25.5 Å². The lowest BCUT2D eigenvalue weighted by atomic mass is 9.94. The maximum atomic E-state index is 13.9.